The summed E-state index contributed by atoms with van der Waals surface area (Å²) in [6.45, 7) is 1.89. The van der Waals surface area contributed by atoms with Gasteiger partial charge in [-0.25, -0.2) is 4.79 Å². The van der Waals surface area contributed by atoms with Gasteiger partial charge in [0.2, 0.25) is 0 Å². The van der Waals surface area contributed by atoms with Crippen molar-refractivity contribution in [2.75, 3.05) is 7.05 Å². The minimum Gasteiger partial charge on any atom is -0.319 e. The van der Waals surface area contributed by atoms with E-state index in [4.69, 9.17) is 0 Å². The van der Waals surface area contributed by atoms with Gasteiger partial charge in [-0.05, 0) is 12.0 Å². The molecule has 0 aliphatic carbocycles. The Bertz CT molecular complexity index is 435. The fraction of sp³-hybridized carbons (Fsp3) is 0.333. The largest absolute Gasteiger partial charge is 0.325 e. The molecule has 0 aromatic heterocycles. The van der Waals surface area contributed by atoms with Crippen molar-refractivity contribution in [2.45, 2.75) is 18.9 Å². The van der Waals surface area contributed by atoms with Crippen molar-refractivity contribution in [1.82, 2.24) is 10.2 Å². The molecule has 1 aromatic carbocycles. The summed E-state index contributed by atoms with van der Waals surface area (Å²) in [4.78, 5) is 24.8. The minimum atomic E-state index is -0.882. The molecule has 1 aliphatic heterocycles. The number of hydrogen-bond acceptors (Lipinski definition) is 2. The van der Waals surface area contributed by atoms with Crippen LogP contribution in [-0.2, 0) is 10.3 Å². The zero-order valence-corrected chi connectivity index (χ0v) is 12.4. The summed E-state index contributed by atoms with van der Waals surface area (Å²) in [6.07, 6.45) is 0.548. The molecular weight excluding hydrogens is 227 g/mol. The Balaban J connectivity index is 0.00000144. The molecule has 1 N–H and O–H groups in total. The van der Waals surface area contributed by atoms with Crippen LogP contribution in [0.15, 0.2) is 30.3 Å². The van der Waals surface area contributed by atoms with Crippen LogP contribution in [0, 0.1) is 0 Å². The van der Waals surface area contributed by atoms with E-state index in [2.05, 4.69) is 5.32 Å². The topological polar surface area (TPSA) is 49.4 Å². The zero-order valence-electron chi connectivity index (χ0n) is 10.4. The summed E-state index contributed by atoms with van der Waals surface area (Å²) in [5.74, 6) is -0.189. The Morgan fingerprint density at radius 2 is 1.82 bits per heavy atom. The third-order valence-electron chi connectivity index (χ3n) is 3.09. The van der Waals surface area contributed by atoms with E-state index in [1.165, 1.54) is 7.05 Å². The number of imide groups is 1. The van der Waals surface area contributed by atoms with E-state index in [1.807, 2.05) is 37.3 Å². The van der Waals surface area contributed by atoms with Gasteiger partial charge in [-0.15, -0.1) is 0 Å². The van der Waals surface area contributed by atoms with Crippen LogP contribution in [0.3, 0.4) is 0 Å². The molecule has 1 fully saturated rings. The summed E-state index contributed by atoms with van der Waals surface area (Å²) in [7, 11) is 1.50. The van der Waals surface area contributed by atoms with Crippen molar-refractivity contribution >= 4 is 41.5 Å². The van der Waals surface area contributed by atoms with E-state index in [0.717, 1.165) is 10.5 Å². The number of nitrogens with one attached hydrogen (secondary N) is 1. The maximum Gasteiger partial charge on any atom is 0.325 e. The first-order chi connectivity index (χ1) is 7.62. The zero-order chi connectivity index (χ0) is 11.8. The van der Waals surface area contributed by atoms with Crippen molar-refractivity contribution in [3.05, 3.63) is 35.9 Å². The third-order valence-corrected chi connectivity index (χ3v) is 3.09. The molecule has 0 bridgehead atoms. The first kappa shape index (κ1) is 14.2. The Hall–Kier alpha value is -0.840. The van der Waals surface area contributed by atoms with Crippen molar-refractivity contribution < 1.29 is 9.59 Å². The SMILES string of the molecule is CCC1(c2ccccc2)NC(=O)N(C)C1=O.[Na]. The molecule has 85 valence electrons. The van der Waals surface area contributed by atoms with Crippen molar-refractivity contribution in [3.63, 3.8) is 0 Å². The smallest absolute Gasteiger partial charge is 0.319 e. The molecule has 1 unspecified atom stereocenters. The van der Waals surface area contributed by atoms with Crippen molar-refractivity contribution in [3.8, 4) is 0 Å². The number of urea groups is 1. The minimum absolute atomic E-state index is 0. The molecule has 2 rings (SSSR count). The fourth-order valence-corrected chi connectivity index (χ4v) is 2.06. The van der Waals surface area contributed by atoms with Gasteiger partial charge in [0.15, 0.2) is 0 Å². The number of carbonyl (C=O) groups is 2. The molecular formula is C12H14N2NaO2. The second-order valence-electron chi connectivity index (χ2n) is 3.92. The maximum absolute atomic E-state index is 12.1. The van der Waals surface area contributed by atoms with Gasteiger partial charge in [-0.2, -0.15) is 0 Å². The first-order valence-corrected chi connectivity index (χ1v) is 5.27. The van der Waals surface area contributed by atoms with Crippen LogP contribution in [0.2, 0.25) is 0 Å². The normalized spacial score (nSPS) is 23.3. The Labute approximate surface area is 123 Å². The van der Waals surface area contributed by atoms with Crippen LogP contribution < -0.4 is 5.32 Å². The van der Waals surface area contributed by atoms with Crippen LogP contribution >= 0.6 is 0 Å². The van der Waals surface area contributed by atoms with Crippen LogP contribution in [-0.4, -0.2) is 53.4 Å². The summed E-state index contributed by atoms with van der Waals surface area (Å²) in [6, 6.07) is 9.00. The third kappa shape index (κ3) is 2.12. The van der Waals surface area contributed by atoms with Crippen LogP contribution in [0.1, 0.15) is 18.9 Å². The summed E-state index contributed by atoms with van der Waals surface area (Å²) in [5.41, 5.74) is -0.0483. The van der Waals surface area contributed by atoms with Gasteiger partial charge in [0.25, 0.3) is 5.91 Å². The van der Waals surface area contributed by atoms with E-state index < -0.39 is 5.54 Å². The van der Waals surface area contributed by atoms with Gasteiger partial charge >= 0.3 is 6.03 Å². The number of benzene rings is 1. The van der Waals surface area contributed by atoms with Gasteiger partial charge in [0, 0.05) is 36.6 Å². The number of hydrogen-bond donors (Lipinski definition) is 1. The van der Waals surface area contributed by atoms with Gasteiger partial charge < -0.3 is 5.32 Å². The fourth-order valence-electron chi connectivity index (χ4n) is 2.06. The predicted octanol–water partition coefficient (Wildman–Crippen LogP) is 1.09. The standard InChI is InChI=1S/C12H14N2O2.Na/c1-3-12(9-7-5-4-6-8-9)10(15)14(2)11(16)13-12;/h4-8H,3H2,1-2H3,(H,13,16);. The van der Waals surface area contributed by atoms with E-state index >= 15 is 0 Å². The van der Waals surface area contributed by atoms with Gasteiger partial charge in [0.1, 0.15) is 5.54 Å². The quantitative estimate of drug-likeness (QED) is 0.622. The van der Waals surface area contributed by atoms with E-state index in [-0.39, 0.29) is 41.5 Å². The molecule has 1 aliphatic rings. The van der Waals surface area contributed by atoms with E-state index in [0.29, 0.717) is 6.42 Å². The predicted molar refractivity (Wildman–Crippen MR) is 65.5 cm³/mol. The molecule has 1 radical (unpaired) electrons. The Morgan fingerprint density at radius 3 is 2.24 bits per heavy atom. The van der Waals surface area contributed by atoms with Crippen molar-refractivity contribution in [1.29, 1.82) is 0 Å². The second-order valence-corrected chi connectivity index (χ2v) is 3.92. The van der Waals surface area contributed by atoms with Gasteiger partial charge in [-0.3, -0.25) is 9.69 Å². The molecule has 0 spiro atoms. The number of amides is 3. The van der Waals surface area contributed by atoms with Crippen LogP contribution in [0.4, 0.5) is 4.79 Å². The number of rotatable bonds is 2. The average molecular weight is 241 g/mol. The molecule has 1 heterocycles. The Kier molecular flexibility index (Phi) is 4.36. The molecule has 1 atom stereocenters. The van der Waals surface area contributed by atoms with E-state index in [9.17, 15) is 9.59 Å². The number of likely N-dealkylation sites (N-methyl/N-ethyl adjacent to an activating group) is 1. The van der Waals surface area contributed by atoms with Gasteiger partial charge in [-0.1, -0.05) is 37.3 Å². The molecule has 17 heavy (non-hydrogen) atoms. The van der Waals surface area contributed by atoms with Crippen molar-refractivity contribution in [2.24, 2.45) is 0 Å². The molecule has 5 heteroatoms. The second kappa shape index (κ2) is 5.21. The summed E-state index contributed by atoms with van der Waals surface area (Å²) in [5, 5.41) is 2.77. The Morgan fingerprint density at radius 1 is 1.24 bits per heavy atom. The number of carbonyl (C=O) groups excluding carboxylic acids is 2. The van der Waals surface area contributed by atoms with E-state index in [1.54, 1.807) is 0 Å². The molecule has 0 saturated carbocycles. The molecule has 1 saturated heterocycles. The van der Waals surface area contributed by atoms with Crippen LogP contribution in [0.5, 0.6) is 0 Å². The monoisotopic (exact) mass is 241 g/mol. The van der Waals surface area contributed by atoms with Gasteiger partial charge in [0.05, 0.1) is 0 Å². The molecule has 3 amide bonds. The first-order valence-electron chi connectivity index (χ1n) is 5.27. The average Bonchev–Trinajstić information content (AvgIpc) is 2.55. The molecule has 1 aromatic rings. The van der Waals surface area contributed by atoms with Crippen LogP contribution in [0.25, 0.3) is 0 Å². The number of nitrogens with zero attached hydrogens (tertiary/aromatic N) is 1. The maximum atomic E-state index is 12.1. The summed E-state index contributed by atoms with van der Waals surface area (Å²) >= 11 is 0. The molecule has 4 nitrogen and oxygen atoms in total. The summed E-state index contributed by atoms with van der Waals surface area (Å²) < 4.78 is 0.